The summed E-state index contributed by atoms with van der Waals surface area (Å²) in [5, 5.41) is 3.80. The van der Waals surface area contributed by atoms with Crippen LogP contribution in [0.1, 0.15) is 18.0 Å². The van der Waals surface area contributed by atoms with E-state index in [0.717, 1.165) is 5.69 Å². The average Bonchev–Trinajstić information content (AvgIpc) is 3.16. The lowest BCUT2D eigenvalue weighted by Gasteiger charge is -2.20. The van der Waals surface area contributed by atoms with E-state index < -0.39 is 5.82 Å². The molecule has 0 unspecified atom stereocenters. The van der Waals surface area contributed by atoms with E-state index in [-0.39, 0.29) is 36.0 Å². The van der Waals surface area contributed by atoms with E-state index >= 15 is 0 Å². The van der Waals surface area contributed by atoms with Crippen molar-refractivity contribution in [3.05, 3.63) is 78.7 Å². The smallest absolute Gasteiger partial charge is 0.227 e. The van der Waals surface area contributed by atoms with Crippen molar-refractivity contribution in [2.45, 2.75) is 19.4 Å². The molecule has 0 saturated heterocycles. The lowest BCUT2D eigenvalue weighted by molar-refractivity contribution is -0.131. The fraction of sp³-hybridized carbons (Fsp3) is 0.200. The van der Waals surface area contributed by atoms with Gasteiger partial charge in [0, 0.05) is 25.6 Å². The molecule has 0 aliphatic carbocycles. The van der Waals surface area contributed by atoms with Gasteiger partial charge in [-0.2, -0.15) is 4.98 Å². The van der Waals surface area contributed by atoms with Crippen LogP contribution in [0.15, 0.2) is 65.8 Å². The zero-order valence-electron chi connectivity index (χ0n) is 14.7. The van der Waals surface area contributed by atoms with Crippen LogP contribution in [0.25, 0.3) is 11.4 Å². The van der Waals surface area contributed by atoms with Crippen molar-refractivity contribution in [2.24, 2.45) is 0 Å². The van der Waals surface area contributed by atoms with E-state index in [4.69, 9.17) is 4.52 Å². The fourth-order valence-electron chi connectivity index (χ4n) is 2.58. The summed E-state index contributed by atoms with van der Waals surface area (Å²) in [4.78, 5) is 22.6. The van der Waals surface area contributed by atoms with Crippen molar-refractivity contribution in [1.82, 2.24) is 20.0 Å². The van der Waals surface area contributed by atoms with Crippen LogP contribution in [0.2, 0.25) is 0 Å². The molecule has 0 aliphatic heterocycles. The molecule has 0 saturated carbocycles. The number of nitrogens with zero attached hydrogens (tertiary/aromatic N) is 4. The number of carbonyl (C=O) groups excluding carboxylic acids is 1. The number of carbonyl (C=O) groups is 1. The van der Waals surface area contributed by atoms with Crippen LogP contribution >= 0.6 is 0 Å². The Morgan fingerprint density at radius 1 is 1.22 bits per heavy atom. The largest absolute Gasteiger partial charge is 0.339 e. The number of aryl methyl sites for hydroxylation is 1. The number of amides is 1. The van der Waals surface area contributed by atoms with Gasteiger partial charge in [-0.05, 0) is 24.3 Å². The van der Waals surface area contributed by atoms with E-state index in [2.05, 4.69) is 21.7 Å². The van der Waals surface area contributed by atoms with Crippen LogP contribution in [-0.4, -0.2) is 32.5 Å². The van der Waals surface area contributed by atoms with Crippen LogP contribution in [0, 0.1) is 5.82 Å². The Labute approximate surface area is 156 Å². The van der Waals surface area contributed by atoms with Gasteiger partial charge in [0.1, 0.15) is 5.82 Å². The van der Waals surface area contributed by atoms with Gasteiger partial charge in [0.05, 0.1) is 17.8 Å². The van der Waals surface area contributed by atoms with Gasteiger partial charge in [-0.3, -0.25) is 9.78 Å². The van der Waals surface area contributed by atoms with Crippen molar-refractivity contribution in [2.75, 3.05) is 6.54 Å². The fourth-order valence-corrected chi connectivity index (χ4v) is 2.58. The molecule has 2 heterocycles. The van der Waals surface area contributed by atoms with Crippen LogP contribution in [0.4, 0.5) is 4.39 Å². The van der Waals surface area contributed by atoms with E-state index in [1.165, 1.54) is 6.07 Å². The number of hydrogen-bond donors (Lipinski definition) is 0. The molecular formula is C20H19FN4O2. The lowest BCUT2D eigenvalue weighted by Crippen LogP contribution is -2.31. The van der Waals surface area contributed by atoms with E-state index in [9.17, 15) is 9.18 Å². The first-order valence-corrected chi connectivity index (χ1v) is 8.53. The van der Waals surface area contributed by atoms with Crippen LogP contribution < -0.4 is 0 Å². The van der Waals surface area contributed by atoms with Crippen molar-refractivity contribution >= 4 is 5.91 Å². The van der Waals surface area contributed by atoms with Crippen LogP contribution in [0.3, 0.4) is 0 Å². The van der Waals surface area contributed by atoms with Crippen molar-refractivity contribution in [3.63, 3.8) is 0 Å². The van der Waals surface area contributed by atoms with Gasteiger partial charge in [-0.25, -0.2) is 4.39 Å². The molecule has 3 aromatic rings. The zero-order valence-corrected chi connectivity index (χ0v) is 14.7. The van der Waals surface area contributed by atoms with E-state index in [1.807, 2.05) is 18.2 Å². The summed E-state index contributed by atoms with van der Waals surface area (Å²) in [6, 6.07) is 11.8. The van der Waals surface area contributed by atoms with Gasteiger partial charge in [0.25, 0.3) is 0 Å². The minimum atomic E-state index is -0.423. The Hall–Kier alpha value is -3.35. The molecule has 0 spiro atoms. The molecule has 6 nitrogen and oxygen atoms in total. The minimum Gasteiger partial charge on any atom is -0.339 e. The SMILES string of the molecule is C=CCN(Cc1ccccn1)C(=O)CCc1nc(-c2ccccc2F)no1. The summed E-state index contributed by atoms with van der Waals surface area (Å²) < 4.78 is 18.9. The van der Waals surface area contributed by atoms with Gasteiger partial charge in [0.15, 0.2) is 0 Å². The second-order valence-electron chi connectivity index (χ2n) is 5.88. The molecule has 1 amide bonds. The lowest BCUT2D eigenvalue weighted by atomic mass is 10.2. The molecule has 0 aliphatic rings. The molecule has 0 N–H and O–H groups in total. The maximum atomic E-state index is 13.8. The second-order valence-corrected chi connectivity index (χ2v) is 5.88. The number of hydrogen-bond acceptors (Lipinski definition) is 5. The average molecular weight is 366 g/mol. The molecule has 7 heteroatoms. The quantitative estimate of drug-likeness (QED) is 0.571. The zero-order chi connectivity index (χ0) is 19.1. The number of halogens is 1. The standard InChI is InChI=1S/C20H19FN4O2/c1-2-13-25(14-15-7-5-6-12-22-15)19(26)11-10-18-23-20(24-27-18)16-8-3-4-9-17(16)21/h2-9,12H,1,10-11,13-14H2. The Kier molecular flexibility index (Phi) is 6.04. The van der Waals surface area contributed by atoms with E-state index in [0.29, 0.717) is 13.1 Å². The highest BCUT2D eigenvalue weighted by molar-refractivity contribution is 5.76. The predicted molar refractivity (Wildman–Crippen MR) is 97.9 cm³/mol. The van der Waals surface area contributed by atoms with Gasteiger partial charge >= 0.3 is 0 Å². The Morgan fingerprint density at radius 2 is 2.04 bits per heavy atom. The van der Waals surface area contributed by atoms with Crippen LogP contribution in [-0.2, 0) is 17.8 Å². The third kappa shape index (κ3) is 4.84. The normalized spacial score (nSPS) is 10.6. The summed E-state index contributed by atoms with van der Waals surface area (Å²) in [6.45, 7) is 4.51. The molecule has 27 heavy (non-hydrogen) atoms. The highest BCUT2D eigenvalue weighted by atomic mass is 19.1. The minimum absolute atomic E-state index is 0.0776. The summed E-state index contributed by atoms with van der Waals surface area (Å²) in [6.07, 6.45) is 3.83. The predicted octanol–water partition coefficient (Wildman–Crippen LogP) is 3.42. The van der Waals surface area contributed by atoms with Gasteiger partial charge in [-0.15, -0.1) is 6.58 Å². The molecule has 1 aromatic carbocycles. The van der Waals surface area contributed by atoms with Crippen molar-refractivity contribution in [3.8, 4) is 11.4 Å². The first-order valence-electron chi connectivity index (χ1n) is 8.53. The maximum absolute atomic E-state index is 13.8. The summed E-state index contributed by atoms with van der Waals surface area (Å²) in [5.74, 6) is -0.0374. The summed E-state index contributed by atoms with van der Waals surface area (Å²) in [7, 11) is 0. The monoisotopic (exact) mass is 366 g/mol. The molecule has 0 fully saturated rings. The maximum Gasteiger partial charge on any atom is 0.227 e. The number of rotatable bonds is 8. The number of benzene rings is 1. The molecule has 0 radical (unpaired) electrons. The molecule has 2 aromatic heterocycles. The number of aromatic nitrogens is 3. The first-order chi connectivity index (χ1) is 13.2. The van der Waals surface area contributed by atoms with Crippen molar-refractivity contribution in [1.29, 1.82) is 0 Å². The van der Waals surface area contributed by atoms with Gasteiger partial charge < -0.3 is 9.42 Å². The molecule has 3 rings (SSSR count). The Balaban J connectivity index is 1.62. The Morgan fingerprint density at radius 3 is 2.78 bits per heavy atom. The number of pyridine rings is 1. The second kappa shape index (κ2) is 8.84. The third-order valence-corrected chi connectivity index (χ3v) is 3.92. The molecule has 0 atom stereocenters. The summed E-state index contributed by atoms with van der Waals surface area (Å²) in [5.41, 5.74) is 1.06. The van der Waals surface area contributed by atoms with Gasteiger partial charge in [0.2, 0.25) is 17.6 Å². The molecule has 138 valence electrons. The van der Waals surface area contributed by atoms with Crippen LogP contribution in [0.5, 0.6) is 0 Å². The topological polar surface area (TPSA) is 72.1 Å². The Bertz CT molecular complexity index is 911. The molecule has 0 bridgehead atoms. The summed E-state index contributed by atoms with van der Waals surface area (Å²) >= 11 is 0. The van der Waals surface area contributed by atoms with Crippen molar-refractivity contribution < 1.29 is 13.7 Å². The third-order valence-electron chi connectivity index (χ3n) is 3.92. The first kappa shape index (κ1) is 18.4. The highest BCUT2D eigenvalue weighted by Gasteiger charge is 2.17. The van der Waals surface area contributed by atoms with E-state index in [1.54, 1.807) is 35.4 Å². The molecular weight excluding hydrogens is 347 g/mol. The van der Waals surface area contributed by atoms with Gasteiger partial charge in [-0.1, -0.05) is 29.4 Å². The highest BCUT2D eigenvalue weighted by Crippen LogP contribution is 2.19.